The summed E-state index contributed by atoms with van der Waals surface area (Å²) < 4.78 is 5.77. The molecular formula is C17H19ClNO+. The van der Waals surface area contributed by atoms with Gasteiger partial charge in [-0.3, -0.25) is 0 Å². The Bertz CT molecular complexity index is 563. The maximum Gasteiger partial charge on any atom is 0.119 e. The van der Waals surface area contributed by atoms with E-state index in [1.54, 1.807) is 0 Å². The maximum absolute atomic E-state index is 6.11. The van der Waals surface area contributed by atoms with Crippen LogP contribution in [0.2, 0.25) is 5.02 Å². The van der Waals surface area contributed by atoms with Gasteiger partial charge >= 0.3 is 0 Å². The summed E-state index contributed by atoms with van der Waals surface area (Å²) in [6, 6.07) is 17.0. The van der Waals surface area contributed by atoms with Crippen molar-refractivity contribution < 1.29 is 10.1 Å². The van der Waals surface area contributed by atoms with Crippen molar-refractivity contribution in [1.82, 2.24) is 0 Å². The van der Waals surface area contributed by atoms with Crippen LogP contribution in [0, 0.1) is 0 Å². The van der Waals surface area contributed by atoms with Crippen LogP contribution in [-0.2, 0) is 13.2 Å². The summed E-state index contributed by atoms with van der Waals surface area (Å²) in [6.45, 7) is 1.57. The van der Waals surface area contributed by atoms with Gasteiger partial charge in [0.2, 0.25) is 0 Å². The summed E-state index contributed by atoms with van der Waals surface area (Å²) >= 11 is 6.11. The van der Waals surface area contributed by atoms with Gasteiger partial charge in [-0.25, -0.2) is 0 Å². The molecule has 104 valence electrons. The summed E-state index contributed by atoms with van der Waals surface area (Å²) in [5, 5.41) is 3.17. The van der Waals surface area contributed by atoms with E-state index in [-0.39, 0.29) is 0 Å². The lowest BCUT2D eigenvalue weighted by Gasteiger charge is -2.08. The fraction of sp³-hybridized carbons (Fsp3) is 0.294. The molecule has 0 atom stereocenters. The van der Waals surface area contributed by atoms with E-state index in [1.165, 1.54) is 18.4 Å². The van der Waals surface area contributed by atoms with Crippen molar-refractivity contribution in [2.45, 2.75) is 32.0 Å². The minimum atomic E-state index is 0.507. The first-order chi connectivity index (χ1) is 9.81. The first-order valence-electron chi connectivity index (χ1n) is 7.10. The number of nitrogens with two attached hydrogens (primary N) is 1. The molecule has 1 aliphatic rings. The van der Waals surface area contributed by atoms with Gasteiger partial charge in [-0.1, -0.05) is 29.8 Å². The molecule has 0 unspecified atom stereocenters. The van der Waals surface area contributed by atoms with Gasteiger partial charge in [0.15, 0.2) is 0 Å². The fourth-order valence-electron chi connectivity index (χ4n) is 2.13. The number of halogens is 1. The first-order valence-corrected chi connectivity index (χ1v) is 7.47. The van der Waals surface area contributed by atoms with Crippen LogP contribution < -0.4 is 10.1 Å². The highest BCUT2D eigenvalue weighted by Gasteiger charge is 2.24. The minimum absolute atomic E-state index is 0.507. The van der Waals surface area contributed by atoms with Crippen LogP contribution in [0.1, 0.15) is 24.0 Å². The smallest absolute Gasteiger partial charge is 0.119 e. The zero-order chi connectivity index (χ0) is 13.8. The molecule has 1 aliphatic carbocycles. The standard InChI is InChI=1S/C17H18ClNO/c18-17-4-2-1-3-14(17)12-20-16-9-5-13(6-10-16)11-19-15-7-8-15/h1-6,9-10,15,19H,7-8,11-12H2/p+1. The Labute approximate surface area is 124 Å². The molecule has 20 heavy (non-hydrogen) atoms. The molecule has 0 bridgehead atoms. The van der Waals surface area contributed by atoms with E-state index in [1.807, 2.05) is 36.4 Å². The molecule has 2 aromatic rings. The van der Waals surface area contributed by atoms with Crippen molar-refractivity contribution in [3.05, 3.63) is 64.7 Å². The second-order valence-corrected chi connectivity index (χ2v) is 5.71. The molecule has 0 aliphatic heterocycles. The van der Waals surface area contributed by atoms with Gasteiger partial charge in [-0.2, -0.15) is 0 Å². The Kier molecular flexibility index (Phi) is 4.24. The summed E-state index contributed by atoms with van der Waals surface area (Å²) in [7, 11) is 0. The van der Waals surface area contributed by atoms with Gasteiger partial charge in [0.1, 0.15) is 18.9 Å². The van der Waals surface area contributed by atoms with Crippen molar-refractivity contribution in [2.24, 2.45) is 0 Å². The normalized spacial score (nSPS) is 14.2. The second kappa shape index (κ2) is 6.29. The number of hydrogen-bond acceptors (Lipinski definition) is 1. The van der Waals surface area contributed by atoms with E-state index in [2.05, 4.69) is 17.4 Å². The molecule has 0 aromatic heterocycles. The number of hydrogen-bond donors (Lipinski definition) is 1. The monoisotopic (exact) mass is 288 g/mol. The molecule has 2 aromatic carbocycles. The predicted octanol–water partition coefficient (Wildman–Crippen LogP) is 3.14. The average Bonchev–Trinajstić information content (AvgIpc) is 3.30. The molecule has 0 saturated heterocycles. The van der Waals surface area contributed by atoms with E-state index < -0.39 is 0 Å². The number of benzene rings is 2. The lowest BCUT2D eigenvalue weighted by molar-refractivity contribution is -0.683. The molecule has 1 fully saturated rings. The lowest BCUT2D eigenvalue weighted by Crippen LogP contribution is -2.84. The van der Waals surface area contributed by atoms with Crippen molar-refractivity contribution in [3.63, 3.8) is 0 Å². The molecule has 0 heterocycles. The van der Waals surface area contributed by atoms with E-state index in [4.69, 9.17) is 16.3 Å². The minimum Gasteiger partial charge on any atom is -0.489 e. The van der Waals surface area contributed by atoms with Crippen LogP contribution in [0.4, 0.5) is 0 Å². The summed E-state index contributed by atoms with van der Waals surface area (Å²) in [6.07, 6.45) is 2.75. The zero-order valence-corrected chi connectivity index (χ0v) is 12.1. The molecule has 0 amide bonds. The summed E-state index contributed by atoms with van der Waals surface area (Å²) in [5.74, 6) is 0.889. The van der Waals surface area contributed by atoms with E-state index >= 15 is 0 Å². The number of quaternary nitrogens is 1. The van der Waals surface area contributed by atoms with Gasteiger partial charge in [0.25, 0.3) is 0 Å². The van der Waals surface area contributed by atoms with Crippen LogP contribution in [-0.4, -0.2) is 6.04 Å². The van der Waals surface area contributed by atoms with Crippen LogP contribution >= 0.6 is 11.6 Å². The van der Waals surface area contributed by atoms with Gasteiger partial charge < -0.3 is 10.1 Å². The van der Waals surface area contributed by atoms with Crippen LogP contribution in [0.5, 0.6) is 5.75 Å². The maximum atomic E-state index is 6.11. The first kappa shape index (κ1) is 13.5. The highest BCUT2D eigenvalue weighted by molar-refractivity contribution is 6.31. The SMILES string of the molecule is Clc1ccccc1COc1ccc(C[NH2+]C2CC2)cc1. The van der Waals surface area contributed by atoms with Crippen LogP contribution in [0.25, 0.3) is 0 Å². The number of ether oxygens (including phenoxy) is 1. The van der Waals surface area contributed by atoms with Gasteiger partial charge in [-0.05, 0) is 30.3 Å². The third-order valence-corrected chi connectivity index (χ3v) is 3.95. The Morgan fingerprint density at radius 1 is 1.05 bits per heavy atom. The van der Waals surface area contributed by atoms with Crippen molar-refractivity contribution in [2.75, 3.05) is 0 Å². The lowest BCUT2D eigenvalue weighted by atomic mass is 10.2. The Hall–Kier alpha value is -1.51. The van der Waals surface area contributed by atoms with Crippen molar-refractivity contribution >= 4 is 11.6 Å². The molecule has 0 radical (unpaired) electrons. The highest BCUT2D eigenvalue weighted by atomic mass is 35.5. The Balaban J connectivity index is 1.53. The fourth-order valence-corrected chi connectivity index (χ4v) is 2.32. The van der Waals surface area contributed by atoms with E-state index in [0.29, 0.717) is 6.61 Å². The summed E-state index contributed by atoms with van der Waals surface area (Å²) in [5.41, 5.74) is 2.36. The van der Waals surface area contributed by atoms with Crippen molar-refractivity contribution in [3.8, 4) is 5.75 Å². The predicted molar refractivity (Wildman–Crippen MR) is 80.9 cm³/mol. The molecule has 2 nitrogen and oxygen atoms in total. The van der Waals surface area contributed by atoms with Crippen LogP contribution in [0.15, 0.2) is 48.5 Å². The zero-order valence-electron chi connectivity index (χ0n) is 11.4. The average molecular weight is 289 g/mol. The third kappa shape index (κ3) is 3.75. The Morgan fingerprint density at radius 2 is 1.80 bits per heavy atom. The second-order valence-electron chi connectivity index (χ2n) is 5.30. The van der Waals surface area contributed by atoms with E-state index in [0.717, 1.165) is 28.9 Å². The molecule has 3 heteroatoms. The molecule has 2 N–H and O–H groups in total. The van der Waals surface area contributed by atoms with Gasteiger partial charge in [0.05, 0.1) is 6.04 Å². The van der Waals surface area contributed by atoms with Crippen molar-refractivity contribution in [1.29, 1.82) is 0 Å². The molecular weight excluding hydrogens is 270 g/mol. The Morgan fingerprint density at radius 3 is 2.50 bits per heavy atom. The van der Waals surface area contributed by atoms with Gasteiger partial charge in [0, 0.05) is 29.0 Å². The molecule has 1 saturated carbocycles. The number of rotatable bonds is 6. The highest BCUT2D eigenvalue weighted by Crippen LogP contribution is 2.19. The van der Waals surface area contributed by atoms with Crippen LogP contribution in [0.3, 0.4) is 0 Å². The molecule has 3 rings (SSSR count). The topological polar surface area (TPSA) is 25.8 Å². The van der Waals surface area contributed by atoms with E-state index in [9.17, 15) is 0 Å². The van der Waals surface area contributed by atoms with Gasteiger partial charge in [-0.15, -0.1) is 0 Å². The summed E-state index contributed by atoms with van der Waals surface area (Å²) in [4.78, 5) is 0. The quantitative estimate of drug-likeness (QED) is 0.868. The largest absolute Gasteiger partial charge is 0.489 e. The third-order valence-electron chi connectivity index (χ3n) is 3.58. The molecule has 0 spiro atoms.